The molecule has 0 saturated carbocycles. The summed E-state index contributed by atoms with van der Waals surface area (Å²) in [5.41, 5.74) is 4.73. The Hall–Kier alpha value is -2.88. The third-order valence-electron chi connectivity index (χ3n) is 3.97. The van der Waals surface area contributed by atoms with Crippen molar-refractivity contribution in [1.29, 1.82) is 0 Å². The minimum Gasteiger partial charge on any atom is -0.350 e. The molecule has 1 aromatic heterocycles. The summed E-state index contributed by atoms with van der Waals surface area (Å²) < 4.78 is 0. The van der Waals surface area contributed by atoms with Crippen molar-refractivity contribution >= 4 is 28.3 Å². The average molecular weight is 306 g/mol. The van der Waals surface area contributed by atoms with Crippen LogP contribution in [0.15, 0.2) is 42.5 Å². The summed E-state index contributed by atoms with van der Waals surface area (Å²) in [7, 11) is 0. The van der Waals surface area contributed by atoms with Crippen LogP contribution in [0.25, 0.3) is 10.9 Å². The number of nitrogens with one attached hydrogen (secondary N) is 2. The smallest absolute Gasteiger partial charge is 0.272 e. The molecule has 3 rings (SSSR count). The molecule has 4 heteroatoms. The van der Waals surface area contributed by atoms with E-state index in [4.69, 9.17) is 0 Å². The minimum atomic E-state index is -0.211. The Bertz CT molecular complexity index is 922. The van der Waals surface area contributed by atoms with E-state index in [1.165, 1.54) is 6.92 Å². The van der Waals surface area contributed by atoms with E-state index >= 15 is 0 Å². The standard InChI is InChI=1S/C19H18N2O2/c1-11-7-8-16-12(2)18(21-17(16)9-11)19(23)20-15-6-4-5-14(10-15)13(3)22/h4-10,21H,1-3H3,(H,20,23). The summed E-state index contributed by atoms with van der Waals surface area (Å²) in [6.45, 7) is 5.45. The van der Waals surface area contributed by atoms with Gasteiger partial charge in [-0.2, -0.15) is 0 Å². The second kappa shape index (κ2) is 5.72. The average Bonchev–Trinajstić information content (AvgIpc) is 2.84. The molecule has 2 N–H and O–H groups in total. The van der Waals surface area contributed by atoms with Crippen LogP contribution in [-0.4, -0.2) is 16.7 Å². The van der Waals surface area contributed by atoms with Crippen LogP contribution in [0, 0.1) is 13.8 Å². The SMILES string of the molecule is CC(=O)c1cccc(NC(=O)c2[nH]c3cc(C)ccc3c2C)c1. The Morgan fingerprint density at radius 1 is 1.04 bits per heavy atom. The van der Waals surface area contributed by atoms with Crippen LogP contribution < -0.4 is 5.32 Å². The highest BCUT2D eigenvalue weighted by molar-refractivity contribution is 6.08. The third kappa shape index (κ3) is 2.88. The number of hydrogen-bond acceptors (Lipinski definition) is 2. The normalized spacial score (nSPS) is 10.7. The second-order valence-corrected chi connectivity index (χ2v) is 5.77. The number of aryl methyl sites for hydroxylation is 2. The predicted molar refractivity (Wildman–Crippen MR) is 92.2 cm³/mol. The lowest BCUT2D eigenvalue weighted by Gasteiger charge is -2.06. The zero-order chi connectivity index (χ0) is 16.6. The molecule has 4 nitrogen and oxygen atoms in total. The first-order chi connectivity index (χ1) is 11.0. The minimum absolute atomic E-state index is 0.0293. The van der Waals surface area contributed by atoms with Crippen molar-refractivity contribution in [2.75, 3.05) is 5.32 Å². The van der Waals surface area contributed by atoms with Gasteiger partial charge in [-0.3, -0.25) is 9.59 Å². The Kier molecular flexibility index (Phi) is 3.74. The number of H-pyrrole nitrogens is 1. The van der Waals surface area contributed by atoms with E-state index in [9.17, 15) is 9.59 Å². The van der Waals surface area contributed by atoms with Crippen LogP contribution >= 0.6 is 0 Å². The van der Waals surface area contributed by atoms with E-state index < -0.39 is 0 Å². The first-order valence-corrected chi connectivity index (χ1v) is 7.47. The lowest BCUT2D eigenvalue weighted by atomic mass is 10.1. The van der Waals surface area contributed by atoms with Gasteiger partial charge >= 0.3 is 0 Å². The van der Waals surface area contributed by atoms with Gasteiger partial charge in [-0.25, -0.2) is 0 Å². The molecule has 0 aliphatic carbocycles. The van der Waals surface area contributed by atoms with E-state index in [2.05, 4.69) is 10.3 Å². The number of aromatic amines is 1. The zero-order valence-electron chi connectivity index (χ0n) is 13.4. The summed E-state index contributed by atoms with van der Waals surface area (Å²) in [5, 5.41) is 3.89. The molecular formula is C19H18N2O2. The van der Waals surface area contributed by atoms with Gasteiger partial charge in [0.1, 0.15) is 5.69 Å². The Morgan fingerprint density at radius 2 is 1.83 bits per heavy atom. The number of ketones is 1. The van der Waals surface area contributed by atoms with Crippen LogP contribution in [0.1, 0.15) is 38.9 Å². The zero-order valence-corrected chi connectivity index (χ0v) is 13.4. The van der Waals surface area contributed by atoms with Gasteiger partial charge in [-0.1, -0.05) is 24.3 Å². The third-order valence-corrected chi connectivity index (χ3v) is 3.97. The topological polar surface area (TPSA) is 62.0 Å². The highest BCUT2D eigenvalue weighted by Crippen LogP contribution is 2.23. The van der Waals surface area contributed by atoms with Gasteiger partial charge in [0.2, 0.25) is 0 Å². The van der Waals surface area contributed by atoms with Crippen LogP contribution in [0.2, 0.25) is 0 Å². The molecule has 0 saturated heterocycles. The summed E-state index contributed by atoms with van der Waals surface area (Å²) in [6, 6.07) is 13.0. The van der Waals surface area contributed by atoms with Gasteiger partial charge < -0.3 is 10.3 Å². The summed E-state index contributed by atoms with van der Waals surface area (Å²) in [5.74, 6) is -0.240. The van der Waals surface area contributed by atoms with Gasteiger partial charge in [0.05, 0.1) is 0 Å². The fraction of sp³-hybridized carbons (Fsp3) is 0.158. The fourth-order valence-corrected chi connectivity index (χ4v) is 2.69. The van der Waals surface area contributed by atoms with E-state index in [1.807, 2.05) is 32.0 Å². The molecule has 1 heterocycles. The van der Waals surface area contributed by atoms with Crippen molar-refractivity contribution in [2.24, 2.45) is 0 Å². The number of Topliss-reactive ketones (excluding diaryl/α,β-unsaturated/α-hetero) is 1. The lowest BCUT2D eigenvalue weighted by molar-refractivity contribution is 0.100. The molecular weight excluding hydrogens is 288 g/mol. The Labute approximate surface area is 134 Å². The number of rotatable bonds is 3. The molecule has 0 aliphatic rings. The van der Waals surface area contributed by atoms with Crippen molar-refractivity contribution in [2.45, 2.75) is 20.8 Å². The molecule has 0 bridgehead atoms. The van der Waals surface area contributed by atoms with Crippen LogP contribution in [0.3, 0.4) is 0 Å². The quantitative estimate of drug-likeness (QED) is 0.711. The largest absolute Gasteiger partial charge is 0.350 e. The maximum atomic E-state index is 12.5. The number of anilines is 1. The van der Waals surface area contributed by atoms with Gasteiger partial charge in [0, 0.05) is 22.2 Å². The van der Waals surface area contributed by atoms with Crippen molar-refractivity contribution < 1.29 is 9.59 Å². The summed E-state index contributed by atoms with van der Waals surface area (Å²) >= 11 is 0. The fourth-order valence-electron chi connectivity index (χ4n) is 2.69. The number of amides is 1. The molecule has 0 unspecified atom stereocenters. The molecule has 3 aromatic rings. The molecule has 0 aliphatic heterocycles. The molecule has 0 spiro atoms. The maximum absolute atomic E-state index is 12.5. The molecule has 0 fully saturated rings. The number of carbonyl (C=O) groups is 2. The molecule has 2 aromatic carbocycles. The van der Waals surface area contributed by atoms with E-state index in [0.717, 1.165) is 22.0 Å². The number of carbonyl (C=O) groups excluding carboxylic acids is 2. The monoisotopic (exact) mass is 306 g/mol. The molecule has 116 valence electrons. The second-order valence-electron chi connectivity index (χ2n) is 5.77. The molecule has 0 radical (unpaired) electrons. The maximum Gasteiger partial charge on any atom is 0.272 e. The van der Waals surface area contributed by atoms with Gasteiger partial charge in [-0.15, -0.1) is 0 Å². The van der Waals surface area contributed by atoms with E-state index in [0.29, 0.717) is 16.9 Å². The number of fused-ring (bicyclic) bond motifs is 1. The van der Waals surface area contributed by atoms with Crippen molar-refractivity contribution in [3.63, 3.8) is 0 Å². The molecule has 1 amide bonds. The first kappa shape index (κ1) is 15.0. The number of hydrogen-bond donors (Lipinski definition) is 2. The number of benzene rings is 2. The molecule has 0 atom stereocenters. The van der Waals surface area contributed by atoms with Gasteiger partial charge in [0.25, 0.3) is 5.91 Å². The number of aromatic nitrogens is 1. The Morgan fingerprint density at radius 3 is 2.57 bits per heavy atom. The van der Waals surface area contributed by atoms with Crippen molar-refractivity contribution in [1.82, 2.24) is 4.98 Å². The van der Waals surface area contributed by atoms with Gasteiger partial charge in [-0.05, 0) is 50.1 Å². The van der Waals surface area contributed by atoms with Crippen molar-refractivity contribution in [3.05, 3.63) is 64.8 Å². The van der Waals surface area contributed by atoms with Crippen LogP contribution in [0.4, 0.5) is 5.69 Å². The van der Waals surface area contributed by atoms with E-state index in [-0.39, 0.29) is 11.7 Å². The highest BCUT2D eigenvalue weighted by Gasteiger charge is 2.15. The van der Waals surface area contributed by atoms with E-state index in [1.54, 1.807) is 24.3 Å². The molecule has 23 heavy (non-hydrogen) atoms. The van der Waals surface area contributed by atoms with Gasteiger partial charge in [0.15, 0.2) is 5.78 Å². The van der Waals surface area contributed by atoms with Crippen LogP contribution in [0.5, 0.6) is 0 Å². The lowest BCUT2D eigenvalue weighted by Crippen LogP contribution is -2.13. The summed E-state index contributed by atoms with van der Waals surface area (Å²) in [4.78, 5) is 27.2. The van der Waals surface area contributed by atoms with Crippen LogP contribution in [-0.2, 0) is 0 Å². The summed E-state index contributed by atoms with van der Waals surface area (Å²) in [6.07, 6.45) is 0. The first-order valence-electron chi connectivity index (χ1n) is 7.47. The van der Waals surface area contributed by atoms with Crippen molar-refractivity contribution in [3.8, 4) is 0 Å². The predicted octanol–water partition coefficient (Wildman–Crippen LogP) is 4.24. The highest BCUT2D eigenvalue weighted by atomic mass is 16.2. The Balaban J connectivity index is 1.93.